The number of amides is 1. The molecule has 5 heteroatoms. The number of carbonyl (C=O) groups excluding carboxylic acids is 1. The first-order valence-corrected chi connectivity index (χ1v) is 8.26. The van der Waals surface area contributed by atoms with Crippen LogP contribution in [0.5, 0.6) is 0 Å². The van der Waals surface area contributed by atoms with Gasteiger partial charge in [0.15, 0.2) is 5.96 Å². The van der Waals surface area contributed by atoms with Crippen molar-refractivity contribution in [1.82, 2.24) is 15.1 Å². The lowest BCUT2D eigenvalue weighted by atomic mass is 9.78. The van der Waals surface area contributed by atoms with Gasteiger partial charge in [0.25, 0.3) is 0 Å². The van der Waals surface area contributed by atoms with Gasteiger partial charge >= 0.3 is 0 Å². The summed E-state index contributed by atoms with van der Waals surface area (Å²) in [6, 6.07) is 0. The lowest BCUT2D eigenvalue weighted by molar-refractivity contribution is -0.127. The van der Waals surface area contributed by atoms with E-state index in [0.717, 1.165) is 19.0 Å². The average molecular weight is 308 g/mol. The highest BCUT2D eigenvalue weighted by molar-refractivity contribution is 5.85. The van der Waals surface area contributed by atoms with Crippen LogP contribution < -0.4 is 5.32 Å². The molecule has 1 heterocycles. The van der Waals surface area contributed by atoms with E-state index >= 15 is 0 Å². The Kier molecular flexibility index (Phi) is 7.42. The van der Waals surface area contributed by atoms with Gasteiger partial charge < -0.3 is 15.1 Å². The zero-order chi connectivity index (χ0) is 16.6. The number of aliphatic imine (C=N–C) groups is 1. The van der Waals surface area contributed by atoms with Crippen LogP contribution in [0.2, 0.25) is 0 Å². The van der Waals surface area contributed by atoms with Gasteiger partial charge in [-0.3, -0.25) is 4.79 Å². The van der Waals surface area contributed by atoms with Crippen LogP contribution in [0.15, 0.2) is 17.6 Å². The van der Waals surface area contributed by atoms with Gasteiger partial charge in [-0.25, -0.2) is 4.99 Å². The maximum atomic E-state index is 11.8. The van der Waals surface area contributed by atoms with Gasteiger partial charge in [0.05, 0.1) is 0 Å². The van der Waals surface area contributed by atoms with Crippen molar-refractivity contribution in [3.8, 4) is 0 Å². The summed E-state index contributed by atoms with van der Waals surface area (Å²) in [4.78, 5) is 20.2. The molecule has 0 aromatic rings. The highest BCUT2D eigenvalue weighted by atomic mass is 16.2. The summed E-state index contributed by atoms with van der Waals surface area (Å²) in [5.74, 6) is 0.850. The molecule has 1 amide bonds. The Morgan fingerprint density at radius 1 is 1.50 bits per heavy atom. The third-order valence-corrected chi connectivity index (χ3v) is 4.20. The molecule has 0 bridgehead atoms. The predicted octanol–water partition coefficient (Wildman–Crippen LogP) is 2.11. The van der Waals surface area contributed by atoms with E-state index in [9.17, 15) is 4.79 Å². The van der Waals surface area contributed by atoms with E-state index in [0.29, 0.717) is 12.0 Å². The molecular formula is C17H32N4O. The lowest BCUT2D eigenvalue weighted by Crippen LogP contribution is -2.50. The second kappa shape index (κ2) is 8.81. The number of guanidine groups is 1. The number of rotatable bonds is 6. The lowest BCUT2D eigenvalue weighted by Gasteiger charge is -2.42. The van der Waals surface area contributed by atoms with Crippen molar-refractivity contribution < 1.29 is 4.79 Å². The fourth-order valence-corrected chi connectivity index (χ4v) is 3.02. The molecule has 5 nitrogen and oxygen atoms in total. The van der Waals surface area contributed by atoms with E-state index in [-0.39, 0.29) is 12.5 Å². The maximum absolute atomic E-state index is 11.8. The van der Waals surface area contributed by atoms with Gasteiger partial charge in [0.2, 0.25) is 5.91 Å². The van der Waals surface area contributed by atoms with Crippen molar-refractivity contribution in [2.75, 3.05) is 40.3 Å². The van der Waals surface area contributed by atoms with E-state index in [1.807, 2.05) is 6.08 Å². The number of likely N-dealkylation sites (N-methyl/N-ethyl adjacent to an activating group) is 1. The Hall–Kier alpha value is -1.52. The van der Waals surface area contributed by atoms with Crippen LogP contribution in [-0.2, 0) is 4.79 Å². The molecule has 1 atom stereocenters. The van der Waals surface area contributed by atoms with Gasteiger partial charge in [0.1, 0.15) is 6.54 Å². The third-order valence-electron chi connectivity index (χ3n) is 4.20. The molecule has 0 radical (unpaired) electrons. The zero-order valence-electron chi connectivity index (χ0n) is 14.7. The minimum atomic E-state index is 0.0197. The molecule has 1 unspecified atom stereocenters. The van der Waals surface area contributed by atoms with Gasteiger partial charge in [0, 0.05) is 33.7 Å². The first-order chi connectivity index (χ1) is 10.4. The van der Waals surface area contributed by atoms with Crippen LogP contribution in [0.1, 0.15) is 39.5 Å². The van der Waals surface area contributed by atoms with Crippen LogP contribution in [0, 0.1) is 5.41 Å². The minimum Gasteiger partial charge on any atom is -0.353 e. The average Bonchev–Trinajstić information content (AvgIpc) is 2.46. The monoisotopic (exact) mass is 308 g/mol. The molecule has 1 aliphatic heterocycles. The summed E-state index contributed by atoms with van der Waals surface area (Å²) in [5, 5.41) is 3.30. The van der Waals surface area contributed by atoms with Crippen LogP contribution >= 0.6 is 0 Å². The molecule has 1 fully saturated rings. The molecule has 1 aliphatic rings. The molecule has 1 rings (SSSR count). The second-order valence-corrected chi connectivity index (χ2v) is 6.68. The Bertz CT molecular complexity index is 401. The minimum absolute atomic E-state index is 0.0197. The molecule has 1 N–H and O–H groups in total. The summed E-state index contributed by atoms with van der Waals surface area (Å²) in [6.07, 6.45) is 6.69. The smallest absolute Gasteiger partial charge is 0.243 e. The van der Waals surface area contributed by atoms with Crippen LogP contribution in [0.3, 0.4) is 0 Å². The summed E-state index contributed by atoms with van der Waals surface area (Å²) in [7, 11) is 3.52. The Morgan fingerprint density at radius 3 is 2.82 bits per heavy atom. The number of piperidine rings is 1. The number of hydrogen-bond donors (Lipinski definition) is 1. The van der Waals surface area contributed by atoms with E-state index in [1.54, 1.807) is 19.0 Å². The Labute approximate surface area is 135 Å². The molecular weight excluding hydrogens is 276 g/mol. The van der Waals surface area contributed by atoms with Gasteiger partial charge in [-0.15, -0.1) is 6.58 Å². The number of carbonyl (C=O) groups is 1. The molecule has 1 saturated heterocycles. The molecule has 0 saturated carbocycles. The van der Waals surface area contributed by atoms with Crippen LogP contribution in [0.25, 0.3) is 0 Å². The van der Waals surface area contributed by atoms with E-state index in [2.05, 4.69) is 35.6 Å². The highest BCUT2D eigenvalue weighted by Crippen LogP contribution is 2.33. The first kappa shape index (κ1) is 18.5. The van der Waals surface area contributed by atoms with Crippen LogP contribution in [0.4, 0.5) is 0 Å². The number of hydrogen-bond acceptors (Lipinski definition) is 2. The fourth-order valence-electron chi connectivity index (χ4n) is 3.02. The maximum Gasteiger partial charge on any atom is 0.243 e. The standard InChI is InChI=1S/C17H32N4O/c1-6-9-17(3)10-8-12-21(14-17)16(18-11-7-2)19-13-15(22)20(4)5/h7H,2,6,8-14H2,1,3-5H3,(H,18,19). The largest absolute Gasteiger partial charge is 0.353 e. The normalized spacial score (nSPS) is 22.4. The molecule has 126 valence electrons. The van der Waals surface area contributed by atoms with E-state index in [4.69, 9.17) is 0 Å². The highest BCUT2D eigenvalue weighted by Gasteiger charge is 2.31. The topological polar surface area (TPSA) is 47.9 Å². The van der Waals surface area contributed by atoms with Crippen molar-refractivity contribution in [3.63, 3.8) is 0 Å². The van der Waals surface area contributed by atoms with Crippen LogP contribution in [-0.4, -0.2) is 61.9 Å². The first-order valence-electron chi connectivity index (χ1n) is 8.26. The number of nitrogens with zero attached hydrogens (tertiary/aromatic N) is 3. The van der Waals surface area contributed by atoms with Crippen molar-refractivity contribution in [3.05, 3.63) is 12.7 Å². The summed E-state index contributed by atoms with van der Waals surface area (Å²) in [6.45, 7) is 11.2. The Morgan fingerprint density at radius 2 is 2.23 bits per heavy atom. The number of nitrogens with one attached hydrogen (secondary N) is 1. The second-order valence-electron chi connectivity index (χ2n) is 6.68. The predicted molar refractivity (Wildman–Crippen MR) is 93.0 cm³/mol. The fraction of sp³-hybridized carbons (Fsp3) is 0.765. The molecule has 22 heavy (non-hydrogen) atoms. The van der Waals surface area contributed by atoms with Crippen molar-refractivity contribution in [2.45, 2.75) is 39.5 Å². The van der Waals surface area contributed by atoms with E-state index < -0.39 is 0 Å². The summed E-state index contributed by atoms with van der Waals surface area (Å²) >= 11 is 0. The zero-order valence-corrected chi connectivity index (χ0v) is 14.7. The quantitative estimate of drug-likeness (QED) is 0.464. The Balaban J connectivity index is 2.79. The number of likely N-dealkylation sites (tertiary alicyclic amines) is 1. The van der Waals surface area contributed by atoms with Gasteiger partial charge in [-0.1, -0.05) is 26.3 Å². The molecule has 0 aliphatic carbocycles. The molecule has 0 aromatic heterocycles. The van der Waals surface area contributed by atoms with Crippen molar-refractivity contribution in [2.24, 2.45) is 10.4 Å². The van der Waals surface area contributed by atoms with Gasteiger partial charge in [-0.05, 0) is 24.7 Å². The van der Waals surface area contributed by atoms with Crippen molar-refractivity contribution >= 4 is 11.9 Å². The third kappa shape index (κ3) is 5.70. The van der Waals surface area contributed by atoms with Crippen molar-refractivity contribution in [1.29, 1.82) is 0 Å². The summed E-state index contributed by atoms with van der Waals surface area (Å²) in [5.41, 5.74) is 0.342. The van der Waals surface area contributed by atoms with Gasteiger partial charge in [-0.2, -0.15) is 0 Å². The SMILES string of the molecule is C=CCNC(=NCC(=O)N(C)C)N1CCCC(C)(CCC)C1. The van der Waals surface area contributed by atoms with E-state index in [1.165, 1.54) is 25.7 Å². The molecule has 0 spiro atoms. The summed E-state index contributed by atoms with van der Waals surface area (Å²) < 4.78 is 0. The molecule has 0 aromatic carbocycles.